The van der Waals surface area contributed by atoms with E-state index in [1.807, 2.05) is 0 Å². The Bertz CT molecular complexity index is 1010. The Balaban J connectivity index is 1.45. The predicted molar refractivity (Wildman–Crippen MR) is 130 cm³/mol. The highest BCUT2D eigenvalue weighted by atomic mass is 31.1. The summed E-state index contributed by atoms with van der Waals surface area (Å²) in [5, 5.41) is 4.01. The van der Waals surface area contributed by atoms with Crippen LogP contribution in [-0.4, -0.2) is 38.6 Å². The average molecular weight is 448 g/mol. The van der Waals surface area contributed by atoms with Crippen molar-refractivity contribution in [1.82, 2.24) is 0 Å². The van der Waals surface area contributed by atoms with Gasteiger partial charge in [0.05, 0.1) is 13.2 Å². The molecule has 3 aromatic carbocycles. The maximum Gasteiger partial charge on any atom is 0.119 e. The predicted octanol–water partition coefficient (Wildman–Crippen LogP) is 3.93. The van der Waals surface area contributed by atoms with Crippen molar-refractivity contribution in [1.29, 1.82) is 0 Å². The van der Waals surface area contributed by atoms with Gasteiger partial charge in [-0.1, -0.05) is 36.4 Å². The number of hydrogen-bond acceptors (Lipinski definition) is 4. The quantitative estimate of drug-likeness (QED) is 0.368. The molecule has 3 aromatic rings. The fourth-order valence-corrected chi connectivity index (χ4v) is 6.19. The molecule has 0 aromatic heterocycles. The summed E-state index contributed by atoms with van der Waals surface area (Å²) in [6, 6.07) is 21.8. The fourth-order valence-electron chi connectivity index (χ4n) is 3.70. The first-order valence-corrected chi connectivity index (χ1v) is 12.5. The average Bonchev–Trinajstić information content (AvgIpc) is 3.71. The third kappa shape index (κ3) is 5.15. The molecule has 5 rings (SSSR count). The monoisotopic (exact) mass is 448 g/mol. The van der Waals surface area contributed by atoms with Gasteiger partial charge in [0.2, 0.25) is 0 Å². The topological polar surface area (TPSA) is 43.5 Å². The van der Waals surface area contributed by atoms with Crippen LogP contribution in [0.5, 0.6) is 11.5 Å². The van der Waals surface area contributed by atoms with Crippen molar-refractivity contribution in [3.05, 3.63) is 77.4 Å². The van der Waals surface area contributed by atoms with Crippen LogP contribution in [0.15, 0.2) is 60.7 Å². The molecular formula is C27H29O4P. The molecule has 0 bridgehead atoms. The Morgan fingerprint density at radius 3 is 1.56 bits per heavy atom. The van der Waals surface area contributed by atoms with Crippen molar-refractivity contribution >= 4 is 23.8 Å². The summed E-state index contributed by atoms with van der Waals surface area (Å²) in [6.45, 7) is 9.46. The van der Waals surface area contributed by atoms with Crippen molar-refractivity contribution < 1.29 is 18.9 Å². The van der Waals surface area contributed by atoms with E-state index in [2.05, 4.69) is 81.4 Å². The van der Waals surface area contributed by atoms with E-state index in [4.69, 9.17) is 18.9 Å². The standard InChI is InChI=1S/C27H29O4P/c1-18-12-20(3)27(13-19(18)2)32(25-8-4-21(5-9-25)28-14-23-16-30-23)26-10-6-22(7-11-26)29-15-24-17-31-24/h4-13,23-24H,14-17H2,1-3H3. The summed E-state index contributed by atoms with van der Waals surface area (Å²) in [6.07, 6.45) is 0.523. The molecule has 0 radical (unpaired) electrons. The van der Waals surface area contributed by atoms with Crippen LogP contribution in [0.25, 0.3) is 0 Å². The zero-order valence-electron chi connectivity index (χ0n) is 18.8. The van der Waals surface area contributed by atoms with Gasteiger partial charge in [-0.15, -0.1) is 0 Å². The smallest absolute Gasteiger partial charge is 0.119 e. The lowest BCUT2D eigenvalue weighted by molar-refractivity contribution is 0.263. The second-order valence-electron chi connectivity index (χ2n) is 8.58. The molecular weight excluding hydrogens is 419 g/mol. The molecule has 2 fully saturated rings. The van der Waals surface area contributed by atoms with Crippen LogP contribution in [0.1, 0.15) is 16.7 Å². The number of benzene rings is 3. The van der Waals surface area contributed by atoms with Gasteiger partial charge in [-0.05, 0) is 85.6 Å². The van der Waals surface area contributed by atoms with E-state index >= 15 is 0 Å². The number of ether oxygens (including phenoxy) is 4. The Kier molecular flexibility index (Phi) is 6.19. The van der Waals surface area contributed by atoms with Gasteiger partial charge in [0.1, 0.15) is 36.9 Å². The van der Waals surface area contributed by atoms with E-state index in [1.165, 1.54) is 32.6 Å². The van der Waals surface area contributed by atoms with Crippen LogP contribution in [0.2, 0.25) is 0 Å². The van der Waals surface area contributed by atoms with Gasteiger partial charge < -0.3 is 18.9 Å². The maximum absolute atomic E-state index is 5.86. The highest BCUT2D eigenvalue weighted by Crippen LogP contribution is 2.36. The zero-order valence-corrected chi connectivity index (χ0v) is 19.7. The summed E-state index contributed by atoms with van der Waals surface area (Å²) in [5.74, 6) is 1.78. The lowest BCUT2D eigenvalue weighted by Crippen LogP contribution is -2.23. The Labute approximate surface area is 191 Å². The van der Waals surface area contributed by atoms with E-state index in [-0.39, 0.29) is 12.2 Å². The molecule has 0 amide bonds. The highest BCUT2D eigenvalue weighted by Gasteiger charge is 2.24. The van der Waals surface area contributed by atoms with E-state index in [9.17, 15) is 0 Å². The second kappa shape index (κ2) is 9.23. The van der Waals surface area contributed by atoms with Crippen LogP contribution in [-0.2, 0) is 9.47 Å². The number of rotatable bonds is 9. The van der Waals surface area contributed by atoms with Gasteiger partial charge in [0.25, 0.3) is 0 Å². The van der Waals surface area contributed by atoms with Crippen LogP contribution in [0, 0.1) is 20.8 Å². The first-order chi connectivity index (χ1) is 15.6. The molecule has 5 heteroatoms. The molecule has 2 aliphatic rings. The minimum absolute atomic E-state index is 0.261. The van der Waals surface area contributed by atoms with Crippen LogP contribution >= 0.6 is 7.92 Å². The molecule has 2 heterocycles. The number of epoxide rings is 2. The number of aryl methyl sites for hydroxylation is 3. The van der Waals surface area contributed by atoms with Crippen LogP contribution < -0.4 is 25.4 Å². The molecule has 4 nitrogen and oxygen atoms in total. The zero-order chi connectivity index (χ0) is 22.1. The first kappa shape index (κ1) is 21.5. The Morgan fingerprint density at radius 1 is 0.688 bits per heavy atom. The van der Waals surface area contributed by atoms with E-state index in [0.717, 1.165) is 24.7 Å². The highest BCUT2D eigenvalue weighted by molar-refractivity contribution is 7.79. The first-order valence-electron chi connectivity index (χ1n) is 11.1. The van der Waals surface area contributed by atoms with Crippen LogP contribution in [0.4, 0.5) is 0 Å². The molecule has 2 unspecified atom stereocenters. The SMILES string of the molecule is Cc1cc(C)c(P(c2ccc(OCC3CO3)cc2)c2ccc(OCC3CO3)cc2)cc1C. The lowest BCUT2D eigenvalue weighted by atomic mass is 10.1. The summed E-state index contributed by atoms with van der Waals surface area (Å²) < 4.78 is 22.2. The van der Waals surface area contributed by atoms with E-state index in [0.29, 0.717) is 13.2 Å². The van der Waals surface area contributed by atoms with Gasteiger partial charge in [-0.3, -0.25) is 0 Å². The lowest BCUT2D eigenvalue weighted by Gasteiger charge is -2.23. The molecule has 32 heavy (non-hydrogen) atoms. The fraction of sp³-hybridized carbons (Fsp3) is 0.333. The van der Waals surface area contributed by atoms with Gasteiger partial charge >= 0.3 is 0 Å². The molecule has 166 valence electrons. The summed E-state index contributed by atoms with van der Waals surface area (Å²) in [7, 11) is -0.699. The van der Waals surface area contributed by atoms with Gasteiger partial charge in [-0.25, -0.2) is 0 Å². The van der Waals surface area contributed by atoms with Crippen molar-refractivity contribution in [2.75, 3.05) is 26.4 Å². The molecule has 0 aliphatic carbocycles. The largest absolute Gasteiger partial charge is 0.491 e. The molecule has 2 saturated heterocycles. The van der Waals surface area contributed by atoms with Crippen LogP contribution in [0.3, 0.4) is 0 Å². The van der Waals surface area contributed by atoms with E-state index in [1.54, 1.807) is 0 Å². The molecule has 0 spiro atoms. The van der Waals surface area contributed by atoms with Gasteiger partial charge in [0.15, 0.2) is 0 Å². The molecule has 0 saturated carbocycles. The van der Waals surface area contributed by atoms with E-state index < -0.39 is 7.92 Å². The minimum atomic E-state index is -0.699. The third-order valence-electron chi connectivity index (χ3n) is 5.92. The molecule has 0 N–H and O–H groups in total. The Hall–Kier alpha value is -2.39. The summed E-state index contributed by atoms with van der Waals surface area (Å²) in [5.41, 5.74) is 3.99. The molecule has 2 aliphatic heterocycles. The Morgan fingerprint density at radius 2 is 1.12 bits per heavy atom. The van der Waals surface area contributed by atoms with Gasteiger partial charge in [0, 0.05) is 0 Å². The maximum atomic E-state index is 5.86. The summed E-state index contributed by atoms with van der Waals surface area (Å²) in [4.78, 5) is 0. The normalized spacial score (nSPS) is 20.0. The van der Waals surface area contributed by atoms with Crippen molar-refractivity contribution in [3.63, 3.8) is 0 Å². The van der Waals surface area contributed by atoms with Crippen molar-refractivity contribution in [2.24, 2.45) is 0 Å². The molecule has 2 atom stereocenters. The van der Waals surface area contributed by atoms with Gasteiger partial charge in [-0.2, -0.15) is 0 Å². The van der Waals surface area contributed by atoms with Crippen molar-refractivity contribution in [3.8, 4) is 11.5 Å². The number of hydrogen-bond donors (Lipinski definition) is 0. The summed E-state index contributed by atoms with van der Waals surface area (Å²) >= 11 is 0. The second-order valence-corrected chi connectivity index (χ2v) is 10.8. The third-order valence-corrected chi connectivity index (χ3v) is 8.51. The minimum Gasteiger partial charge on any atom is -0.491 e. The van der Waals surface area contributed by atoms with Crippen molar-refractivity contribution in [2.45, 2.75) is 33.0 Å².